The lowest BCUT2D eigenvalue weighted by atomic mass is 10.2. The number of rotatable bonds is 6. The van der Waals surface area contributed by atoms with Gasteiger partial charge in [-0.2, -0.15) is 0 Å². The minimum atomic E-state index is -0.600. The van der Waals surface area contributed by atoms with Crippen LogP contribution in [0.15, 0.2) is 77.0 Å². The highest BCUT2D eigenvalue weighted by Gasteiger charge is 2.25. The van der Waals surface area contributed by atoms with Crippen LogP contribution in [0, 0.1) is 10.1 Å². The number of pyridine rings is 1. The summed E-state index contributed by atoms with van der Waals surface area (Å²) in [6.45, 7) is 0. The van der Waals surface area contributed by atoms with E-state index in [1.807, 2.05) is 24.3 Å². The molecule has 4 rings (SSSR count). The van der Waals surface area contributed by atoms with Gasteiger partial charge in [-0.1, -0.05) is 41.6 Å². The van der Waals surface area contributed by atoms with E-state index in [1.54, 1.807) is 24.4 Å². The van der Waals surface area contributed by atoms with Crippen LogP contribution in [0.3, 0.4) is 0 Å². The number of aromatic nitrogens is 3. The van der Waals surface area contributed by atoms with Crippen LogP contribution in [0.2, 0.25) is 5.02 Å². The number of para-hydroxylation sites is 1. The Morgan fingerprint density at radius 2 is 1.81 bits per heavy atom. The van der Waals surface area contributed by atoms with Crippen LogP contribution in [-0.4, -0.2) is 25.8 Å². The molecule has 31 heavy (non-hydrogen) atoms. The second-order valence-corrected chi connectivity index (χ2v) is 7.62. The Kier molecular flexibility index (Phi) is 5.92. The number of nitrogens with zero attached hydrogens (tertiary/aromatic N) is 4. The van der Waals surface area contributed by atoms with E-state index in [4.69, 9.17) is 11.6 Å². The highest BCUT2D eigenvalue weighted by molar-refractivity contribution is 7.99. The van der Waals surface area contributed by atoms with Crippen molar-refractivity contribution in [1.29, 1.82) is 0 Å². The number of hydrogen-bond donors (Lipinski definition) is 2. The third-order valence-electron chi connectivity index (χ3n) is 4.17. The van der Waals surface area contributed by atoms with Gasteiger partial charge in [0.15, 0.2) is 5.03 Å². The van der Waals surface area contributed by atoms with Gasteiger partial charge < -0.3 is 0 Å². The molecule has 2 aromatic carbocycles. The zero-order chi connectivity index (χ0) is 21.8. The zero-order valence-corrected chi connectivity index (χ0v) is 17.2. The largest absolute Gasteiger partial charge is 0.345 e. The molecule has 9 nitrogen and oxygen atoms in total. The number of amides is 1. The second-order valence-electron chi connectivity index (χ2n) is 6.15. The Labute approximate surface area is 185 Å². The Morgan fingerprint density at radius 3 is 2.58 bits per heavy atom. The van der Waals surface area contributed by atoms with Crippen molar-refractivity contribution in [2.75, 3.05) is 5.43 Å². The quantitative estimate of drug-likeness (QED) is 0.249. The summed E-state index contributed by atoms with van der Waals surface area (Å²) in [5.74, 6) is -0.643. The predicted molar refractivity (Wildman–Crippen MR) is 117 cm³/mol. The van der Waals surface area contributed by atoms with Gasteiger partial charge in [0.1, 0.15) is 6.33 Å². The molecular formula is C20H13ClN6O3S. The Balaban J connectivity index is 1.61. The normalized spacial score (nSPS) is 10.6. The van der Waals surface area contributed by atoms with Gasteiger partial charge in [-0.3, -0.25) is 30.7 Å². The summed E-state index contributed by atoms with van der Waals surface area (Å²) < 4.78 is 0. The van der Waals surface area contributed by atoms with Gasteiger partial charge in [-0.25, -0.2) is 9.97 Å². The molecule has 0 fully saturated rings. The average molecular weight is 453 g/mol. The number of nitrogens with one attached hydrogen (secondary N) is 2. The molecule has 2 heterocycles. The molecule has 0 saturated carbocycles. The smallest absolute Gasteiger partial charge is 0.276 e. The number of carbonyl (C=O) groups excluding carboxylic acids is 1. The molecule has 0 saturated heterocycles. The van der Waals surface area contributed by atoms with Gasteiger partial charge in [-0.15, -0.1) is 0 Å². The van der Waals surface area contributed by atoms with Crippen LogP contribution < -0.4 is 10.9 Å². The zero-order valence-electron chi connectivity index (χ0n) is 15.7. The first kappa shape index (κ1) is 20.5. The summed E-state index contributed by atoms with van der Waals surface area (Å²) in [6.07, 6.45) is 2.84. The van der Waals surface area contributed by atoms with Crippen molar-refractivity contribution < 1.29 is 9.72 Å². The first-order valence-electron chi connectivity index (χ1n) is 8.86. The molecule has 0 aliphatic carbocycles. The summed E-state index contributed by atoms with van der Waals surface area (Å²) in [5.41, 5.74) is 5.58. The molecule has 0 aliphatic rings. The van der Waals surface area contributed by atoms with Gasteiger partial charge in [0, 0.05) is 27.1 Å². The summed E-state index contributed by atoms with van der Waals surface area (Å²) in [4.78, 5) is 36.5. The first-order chi connectivity index (χ1) is 15.0. The van der Waals surface area contributed by atoms with Crippen molar-refractivity contribution in [3.05, 3.63) is 87.8 Å². The Bertz CT molecular complexity index is 1280. The topological polar surface area (TPSA) is 123 Å². The SMILES string of the molecule is O=C(NNc1ncnc(Sc2cccc3cccnc23)c1[N+](=O)[O-])c1ccc(Cl)cc1. The fraction of sp³-hybridized carbons (Fsp3) is 0. The third kappa shape index (κ3) is 4.55. The van der Waals surface area contributed by atoms with Gasteiger partial charge in [0.05, 0.1) is 10.4 Å². The lowest BCUT2D eigenvalue weighted by molar-refractivity contribution is -0.387. The van der Waals surface area contributed by atoms with E-state index in [9.17, 15) is 14.9 Å². The van der Waals surface area contributed by atoms with Crippen LogP contribution in [0.4, 0.5) is 11.5 Å². The Morgan fingerprint density at radius 1 is 1.03 bits per heavy atom. The third-order valence-corrected chi connectivity index (χ3v) is 5.47. The molecule has 0 bridgehead atoms. The monoisotopic (exact) mass is 452 g/mol. The number of hydrazine groups is 1. The van der Waals surface area contributed by atoms with E-state index < -0.39 is 10.8 Å². The van der Waals surface area contributed by atoms with Crippen molar-refractivity contribution in [3.63, 3.8) is 0 Å². The molecule has 11 heteroatoms. The maximum atomic E-state index is 12.3. The molecule has 0 atom stereocenters. The van der Waals surface area contributed by atoms with Crippen molar-refractivity contribution >= 4 is 51.7 Å². The molecule has 0 aliphatic heterocycles. The Hall–Kier alpha value is -3.76. The number of carbonyl (C=O) groups is 1. The van der Waals surface area contributed by atoms with Crippen molar-refractivity contribution in [2.24, 2.45) is 0 Å². The summed E-state index contributed by atoms with van der Waals surface area (Å²) in [6, 6.07) is 15.5. The summed E-state index contributed by atoms with van der Waals surface area (Å²) in [7, 11) is 0. The fourth-order valence-corrected chi connectivity index (χ4v) is 3.86. The molecule has 154 valence electrons. The number of fused-ring (bicyclic) bond motifs is 1. The highest BCUT2D eigenvalue weighted by Crippen LogP contribution is 2.38. The first-order valence-corrected chi connectivity index (χ1v) is 10.1. The van der Waals surface area contributed by atoms with E-state index in [2.05, 4.69) is 25.8 Å². The standard InChI is InChI=1S/C20H13ClN6O3S/c21-14-8-6-13(7-9-14)19(28)26-25-18-17(27(29)30)20(24-11-23-18)31-15-5-1-3-12-4-2-10-22-16(12)15/h1-11H,(H,26,28)(H,23,24,25). The van der Waals surface area contributed by atoms with Crippen LogP contribution in [0.5, 0.6) is 0 Å². The lowest BCUT2D eigenvalue weighted by Crippen LogP contribution is -2.30. The molecule has 2 N–H and O–H groups in total. The second kappa shape index (κ2) is 8.94. The predicted octanol–water partition coefficient (Wildman–Crippen LogP) is 4.49. The molecule has 1 amide bonds. The molecule has 2 aromatic heterocycles. The minimum Gasteiger partial charge on any atom is -0.276 e. The molecule has 0 radical (unpaired) electrons. The van der Waals surface area contributed by atoms with Gasteiger partial charge in [0.25, 0.3) is 5.91 Å². The van der Waals surface area contributed by atoms with Gasteiger partial charge in [-0.05, 0) is 36.4 Å². The molecule has 4 aromatic rings. The molecule has 0 spiro atoms. The number of halogens is 1. The van der Waals surface area contributed by atoms with Crippen LogP contribution in [0.25, 0.3) is 10.9 Å². The van der Waals surface area contributed by atoms with Crippen LogP contribution in [0.1, 0.15) is 10.4 Å². The van der Waals surface area contributed by atoms with Crippen molar-refractivity contribution in [3.8, 4) is 0 Å². The maximum Gasteiger partial charge on any atom is 0.345 e. The van der Waals surface area contributed by atoms with E-state index in [0.717, 1.165) is 17.1 Å². The fourth-order valence-electron chi connectivity index (χ4n) is 2.75. The number of hydrogen-bond acceptors (Lipinski definition) is 8. The van der Waals surface area contributed by atoms with Crippen LogP contribution >= 0.6 is 23.4 Å². The number of anilines is 1. The molecular weight excluding hydrogens is 440 g/mol. The van der Waals surface area contributed by atoms with E-state index in [1.165, 1.54) is 18.5 Å². The van der Waals surface area contributed by atoms with Crippen LogP contribution in [-0.2, 0) is 0 Å². The van der Waals surface area contributed by atoms with E-state index in [0.29, 0.717) is 21.0 Å². The summed E-state index contributed by atoms with van der Waals surface area (Å²) >= 11 is 6.91. The number of nitro groups is 1. The van der Waals surface area contributed by atoms with Gasteiger partial charge in [0.2, 0.25) is 5.82 Å². The van der Waals surface area contributed by atoms with E-state index >= 15 is 0 Å². The lowest BCUT2D eigenvalue weighted by Gasteiger charge is -2.10. The van der Waals surface area contributed by atoms with Crippen molar-refractivity contribution in [2.45, 2.75) is 9.92 Å². The van der Waals surface area contributed by atoms with E-state index in [-0.39, 0.29) is 16.5 Å². The number of benzene rings is 2. The minimum absolute atomic E-state index is 0.112. The summed E-state index contributed by atoms with van der Waals surface area (Å²) in [5, 5.41) is 13.3. The van der Waals surface area contributed by atoms with Crippen molar-refractivity contribution in [1.82, 2.24) is 20.4 Å². The maximum absolute atomic E-state index is 12.3. The average Bonchev–Trinajstić information content (AvgIpc) is 2.78. The van der Waals surface area contributed by atoms with Gasteiger partial charge >= 0.3 is 5.69 Å². The highest BCUT2D eigenvalue weighted by atomic mass is 35.5. The molecule has 0 unspecified atom stereocenters.